The van der Waals surface area contributed by atoms with Gasteiger partial charge >= 0.3 is 0 Å². The molecule has 4 heteroatoms. The summed E-state index contributed by atoms with van der Waals surface area (Å²) in [6.45, 7) is 0. The largest absolute Gasteiger partial charge is 0.453 e. The first-order valence-corrected chi connectivity index (χ1v) is 19.1. The molecule has 0 atom stereocenters. The number of para-hydroxylation sites is 1. The Morgan fingerprint density at radius 2 is 0.981 bits per heavy atom. The van der Waals surface area contributed by atoms with E-state index in [-0.39, 0.29) is 0 Å². The van der Waals surface area contributed by atoms with Crippen molar-refractivity contribution in [2.24, 2.45) is 0 Å². The van der Waals surface area contributed by atoms with Crippen molar-refractivity contribution in [1.82, 2.24) is 0 Å². The van der Waals surface area contributed by atoms with E-state index in [1.165, 1.54) is 62.6 Å². The highest BCUT2D eigenvalue weighted by Crippen LogP contribution is 2.50. The fraction of sp³-hybridized carbons (Fsp3) is 0. The summed E-state index contributed by atoms with van der Waals surface area (Å²) in [6.07, 6.45) is 0. The van der Waals surface area contributed by atoms with Crippen LogP contribution in [0.1, 0.15) is 0 Å². The summed E-state index contributed by atoms with van der Waals surface area (Å²) in [4.78, 5) is 2.41. The second kappa shape index (κ2) is 11.7. The van der Waals surface area contributed by atoms with E-state index < -0.39 is 0 Å². The molecule has 0 radical (unpaired) electrons. The Labute approximate surface area is 308 Å². The number of thiophene rings is 2. The molecule has 0 bridgehead atoms. The Kier molecular flexibility index (Phi) is 6.63. The first-order chi connectivity index (χ1) is 25.8. The van der Waals surface area contributed by atoms with Crippen LogP contribution >= 0.6 is 22.7 Å². The van der Waals surface area contributed by atoms with Crippen LogP contribution in [0.4, 0.5) is 17.1 Å². The number of hydrogen-bond acceptors (Lipinski definition) is 4. The van der Waals surface area contributed by atoms with Crippen molar-refractivity contribution in [3.8, 4) is 22.3 Å². The number of benzene rings is 8. The zero-order valence-corrected chi connectivity index (χ0v) is 29.5. The molecule has 244 valence electrons. The molecule has 11 aromatic rings. The van der Waals surface area contributed by atoms with E-state index >= 15 is 0 Å². The summed E-state index contributed by atoms with van der Waals surface area (Å²) in [7, 11) is 0. The zero-order chi connectivity index (χ0) is 34.2. The summed E-state index contributed by atoms with van der Waals surface area (Å²) in [5, 5.41) is 7.22. The number of fused-ring (bicyclic) bond motifs is 10. The SMILES string of the molecule is c1ccc(-c2ccc(N(c3cccc4c3oc3c4ccc4sc5ccccc5c43)c3cccc4c3sc3c(-c5ccccc5)cccc34)cc2)cc1. The Morgan fingerprint density at radius 1 is 0.365 bits per heavy atom. The maximum atomic E-state index is 7.10. The molecule has 0 amide bonds. The fourth-order valence-corrected chi connectivity index (χ4v) is 10.3. The van der Waals surface area contributed by atoms with Crippen molar-refractivity contribution in [3.05, 3.63) is 176 Å². The summed E-state index contributed by atoms with van der Waals surface area (Å²) < 4.78 is 12.2. The maximum Gasteiger partial charge on any atom is 0.159 e. The molecule has 8 aromatic carbocycles. The minimum absolute atomic E-state index is 0.885. The molecule has 0 saturated heterocycles. The lowest BCUT2D eigenvalue weighted by Gasteiger charge is -2.26. The minimum Gasteiger partial charge on any atom is -0.453 e. The van der Waals surface area contributed by atoms with Crippen LogP contribution < -0.4 is 4.90 Å². The molecule has 0 saturated carbocycles. The number of furan rings is 1. The van der Waals surface area contributed by atoms with Crippen molar-refractivity contribution in [2.45, 2.75) is 0 Å². The second-order valence-electron chi connectivity index (χ2n) is 13.2. The van der Waals surface area contributed by atoms with Gasteiger partial charge in [-0.15, -0.1) is 22.7 Å². The molecule has 2 nitrogen and oxygen atoms in total. The number of nitrogens with zero attached hydrogens (tertiary/aromatic N) is 1. The first kappa shape index (κ1) is 29.5. The van der Waals surface area contributed by atoms with Gasteiger partial charge in [0.15, 0.2) is 5.58 Å². The van der Waals surface area contributed by atoms with Crippen molar-refractivity contribution >= 4 is 102 Å². The van der Waals surface area contributed by atoms with Gasteiger partial charge in [-0.2, -0.15) is 0 Å². The molecular formula is C48H29NOS2. The average Bonchev–Trinajstić information content (AvgIpc) is 3.91. The lowest BCUT2D eigenvalue weighted by atomic mass is 10.0. The summed E-state index contributed by atoms with van der Waals surface area (Å²) in [5.41, 5.74) is 9.93. The third-order valence-electron chi connectivity index (χ3n) is 10.3. The molecule has 3 aromatic heterocycles. The standard InChI is InChI=1S/C48H29NOS2/c1-3-12-30(13-4-1)31-24-26-33(27-25-31)49(41-22-11-20-38-37-19-9-17-34(47(37)52-48(38)41)32-14-5-2-6-15-32)40-21-10-18-35-36-28-29-43-44(46(36)50-45(35)40)39-16-7-8-23-42(39)51-43/h1-29H. The Morgan fingerprint density at radius 3 is 1.79 bits per heavy atom. The smallest absolute Gasteiger partial charge is 0.159 e. The van der Waals surface area contributed by atoms with E-state index in [9.17, 15) is 0 Å². The first-order valence-electron chi connectivity index (χ1n) is 17.5. The van der Waals surface area contributed by atoms with Crippen molar-refractivity contribution in [1.29, 1.82) is 0 Å². The van der Waals surface area contributed by atoms with Crippen molar-refractivity contribution in [2.75, 3.05) is 4.90 Å². The second-order valence-corrected chi connectivity index (χ2v) is 15.3. The van der Waals surface area contributed by atoms with Crippen LogP contribution in [0.25, 0.3) is 84.5 Å². The van der Waals surface area contributed by atoms with Crippen LogP contribution in [-0.2, 0) is 0 Å². The highest BCUT2D eigenvalue weighted by atomic mass is 32.1. The molecule has 0 spiro atoms. The van der Waals surface area contributed by atoms with Crippen molar-refractivity contribution < 1.29 is 4.42 Å². The minimum atomic E-state index is 0.885. The zero-order valence-electron chi connectivity index (χ0n) is 27.9. The third kappa shape index (κ3) is 4.48. The molecule has 0 N–H and O–H groups in total. The lowest BCUT2D eigenvalue weighted by molar-refractivity contribution is 0.673. The van der Waals surface area contributed by atoms with Crippen molar-refractivity contribution in [3.63, 3.8) is 0 Å². The molecule has 0 fully saturated rings. The lowest BCUT2D eigenvalue weighted by Crippen LogP contribution is -2.10. The molecule has 0 unspecified atom stereocenters. The summed E-state index contributed by atoms with van der Waals surface area (Å²) in [6, 6.07) is 63.4. The number of rotatable bonds is 5. The third-order valence-corrected chi connectivity index (χ3v) is 12.7. The average molecular weight is 700 g/mol. The normalized spacial score (nSPS) is 11.8. The van der Waals surface area contributed by atoms with E-state index in [1.54, 1.807) is 0 Å². The van der Waals surface area contributed by atoms with Gasteiger partial charge in [-0.3, -0.25) is 0 Å². The van der Waals surface area contributed by atoms with E-state index in [0.29, 0.717) is 0 Å². The van der Waals surface area contributed by atoms with Crippen LogP contribution in [0.3, 0.4) is 0 Å². The maximum absolute atomic E-state index is 7.10. The van der Waals surface area contributed by atoms with Crippen LogP contribution in [0.2, 0.25) is 0 Å². The fourth-order valence-electron chi connectivity index (χ4n) is 7.89. The molecule has 0 aliphatic carbocycles. The van der Waals surface area contributed by atoms with Gasteiger partial charge in [-0.05, 0) is 64.7 Å². The van der Waals surface area contributed by atoms with Gasteiger partial charge < -0.3 is 9.32 Å². The van der Waals surface area contributed by atoms with Gasteiger partial charge in [0.2, 0.25) is 0 Å². The predicted molar refractivity (Wildman–Crippen MR) is 225 cm³/mol. The molecule has 11 rings (SSSR count). The van der Waals surface area contributed by atoms with E-state index in [4.69, 9.17) is 4.42 Å². The quantitative estimate of drug-likeness (QED) is 0.178. The van der Waals surface area contributed by atoms with Gasteiger partial charge in [0.05, 0.1) is 16.1 Å². The molecule has 0 aliphatic heterocycles. The molecule has 3 heterocycles. The van der Waals surface area contributed by atoms with Crippen LogP contribution in [-0.4, -0.2) is 0 Å². The van der Waals surface area contributed by atoms with Crippen LogP contribution in [0, 0.1) is 0 Å². The molecular weight excluding hydrogens is 671 g/mol. The highest BCUT2D eigenvalue weighted by Gasteiger charge is 2.24. The van der Waals surface area contributed by atoms with Gasteiger partial charge in [-0.1, -0.05) is 133 Å². The van der Waals surface area contributed by atoms with Crippen LogP contribution in [0.15, 0.2) is 180 Å². The van der Waals surface area contributed by atoms with Gasteiger partial charge in [0.25, 0.3) is 0 Å². The predicted octanol–water partition coefficient (Wildman–Crippen LogP) is 15.1. The number of hydrogen-bond donors (Lipinski definition) is 0. The van der Waals surface area contributed by atoms with E-state index in [0.717, 1.165) is 39.0 Å². The molecule has 52 heavy (non-hydrogen) atoms. The van der Waals surface area contributed by atoms with Crippen LogP contribution in [0.5, 0.6) is 0 Å². The Balaban J connectivity index is 1.19. The Hall–Kier alpha value is -6.20. The Bertz CT molecular complexity index is 3120. The summed E-state index contributed by atoms with van der Waals surface area (Å²) in [5.74, 6) is 0. The molecule has 0 aliphatic rings. The highest BCUT2D eigenvalue weighted by molar-refractivity contribution is 7.27. The van der Waals surface area contributed by atoms with E-state index in [1.807, 2.05) is 22.7 Å². The monoisotopic (exact) mass is 699 g/mol. The van der Waals surface area contributed by atoms with Gasteiger partial charge in [-0.25, -0.2) is 0 Å². The number of anilines is 3. The van der Waals surface area contributed by atoms with Gasteiger partial charge in [0.1, 0.15) is 5.58 Å². The summed E-state index contributed by atoms with van der Waals surface area (Å²) >= 11 is 3.70. The van der Waals surface area contributed by atoms with E-state index in [2.05, 4.69) is 181 Å². The topological polar surface area (TPSA) is 16.4 Å². The van der Waals surface area contributed by atoms with Gasteiger partial charge in [0, 0.05) is 52.1 Å².